The summed E-state index contributed by atoms with van der Waals surface area (Å²) in [6.45, 7) is 2.13. The standard InChI is InChI=1S/C14H18N2O2S/c1-2-5-11-10-8-12(14(17)18)19-13(10)16(15-11)9-6-3-4-7-9/h8-9H,2-7H2,1H3,(H,17,18). The number of thiophene rings is 1. The number of carboxylic acid groups (broad SMARTS) is 1. The van der Waals surface area contributed by atoms with Crippen LogP contribution in [0.3, 0.4) is 0 Å². The Morgan fingerprint density at radius 3 is 2.89 bits per heavy atom. The van der Waals surface area contributed by atoms with Crippen molar-refractivity contribution in [2.75, 3.05) is 0 Å². The van der Waals surface area contributed by atoms with E-state index in [1.165, 1.54) is 37.0 Å². The fraction of sp³-hybridized carbons (Fsp3) is 0.571. The molecule has 0 aliphatic heterocycles. The van der Waals surface area contributed by atoms with Gasteiger partial charge in [-0.3, -0.25) is 4.68 Å². The van der Waals surface area contributed by atoms with Gasteiger partial charge >= 0.3 is 5.97 Å². The van der Waals surface area contributed by atoms with Crippen molar-refractivity contribution in [3.05, 3.63) is 16.6 Å². The van der Waals surface area contributed by atoms with Crippen LogP contribution in [-0.2, 0) is 6.42 Å². The van der Waals surface area contributed by atoms with Gasteiger partial charge in [0.25, 0.3) is 0 Å². The fourth-order valence-corrected chi connectivity index (χ4v) is 3.95. The lowest BCUT2D eigenvalue weighted by atomic mass is 10.2. The summed E-state index contributed by atoms with van der Waals surface area (Å²) in [4.78, 5) is 12.6. The molecule has 1 aliphatic carbocycles. The molecule has 0 spiro atoms. The van der Waals surface area contributed by atoms with Crippen LogP contribution in [0.4, 0.5) is 0 Å². The van der Waals surface area contributed by atoms with Crippen LogP contribution in [0.15, 0.2) is 6.07 Å². The van der Waals surface area contributed by atoms with Gasteiger partial charge in [0, 0.05) is 5.39 Å². The quantitative estimate of drug-likeness (QED) is 0.923. The number of rotatable bonds is 4. The molecule has 3 rings (SSSR count). The number of hydrogen-bond acceptors (Lipinski definition) is 3. The number of carbonyl (C=O) groups is 1. The molecule has 0 aromatic carbocycles. The zero-order valence-corrected chi connectivity index (χ0v) is 11.9. The van der Waals surface area contributed by atoms with Crippen molar-refractivity contribution in [1.29, 1.82) is 0 Å². The third-order valence-corrected chi connectivity index (χ3v) is 4.94. The maximum atomic E-state index is 11.2. The first kappa shape index (κ1) is 12.7. The van der Waals surface area contributed by atoms with E-state index < -0.39 is 5.97 Å². The lowest BCUT2D eigenvalue weighted by Gasteiger charge is -2.09. The minimum absolute atomic E-state index is 0.427. The largest absolute Gasteiger partial charge is 0.477 e. The topological polar surface area (TPSA) is 55.1 Å². The molecule has 0 atom stereocenters. The smallest absolute Gasteiger partial charge is 0.345 e. The van der Waals surface area contributed by atoms with Gasteiger partial charge < -0.3 is 5.11 Å². The van der Waals surface area contributed by atoms with Gasteiger partial charge in [-0.15, -0.1) is 11.3 Å². The summed E-state index contributed by atoms with van der Waals surface area (Å²) in [6, 6.07) is 2.26. The van der Waals surface area contributed by atoms with Gasteiger partial charge in [0.15, 0.2) is 0 Å². The van der Waals surface area contributed by atoms with E-state index in [1.54, 1.807) is 6.07 Å². The molecule has 1 aliphatic rings. The van der Waals surface area contributed by atoms with Gasteiger partial charge in [-0.05, 0) is 25.3 Å². The monoisotopic (exact) mass is 278 g/mol. The molecule has 0 saturated heterocycles. The van der Waals surface area contributed by atoms with Gasteiger partial charge in [0.1, 0.15) is 9.71 Å². The number of aromatic nitrogens is 2. The number of aryl methyl sites for hydroxylation is 1. The molecule has 1 saturated carbocycles. The van der Waals surface area contributed by atoms with Crippen molar-refractivity contribution < 1.29 is 9.90 Å². The molecule has 5 heteroatoms. The SMILES string of the molecule is CCCc1nn(C2CCCC2)c2sc(C(=O)O)cc12. The minimum atomic E-state index is -0.832. The normalized spacial score (nSPS) is 16.5. The van der Waals surface area contributed by atoms with Crippen LogP contribution >= 0.6 is 11.3 Å². The molecular formula is C14H18N2O2S. The van der Waals surface area contributed by atoms with Gasteiger partial charge in [-0.25, -0.2) is 4.79 Å². The van der Waals surface area contributed by atoms with Gasteiger partial charge in [0.05, 0.1) is 11.7 Å². The predicted octanol–water partition coefficient (Wildman–Crippen LogP) is 3.86. The number of hydrogen-bond donors (Lipinski definition) is 1. The zero-order valence-electron chi connectivity index (χ0n) is 11.1. The summed E-state index contributed by atoms with van der Waals surface area (Å²) in [6.07, 6.45) is 6.81. The van der Waals surface area contributed by atoms with Crippen molar-refractivity contribution in [3.8, 4) is 0 Å². The highest BCUT2D eigenvalue weighted by Crippen LogP contribution is 2.36. The van der Waals surface area contributed by atoms with Gasteiger partial charge in [-0.2, -0.15) is 5.10 Å². The zero-order chi connectivity index (χ0) is 13.4. The molecule has 0 amide bonds. The Labute approximate surface area is 116 Å². The second-order valence-corrected chi connectivity index (χ2v) is 6.24. The van der Waals surface area contributed by atoms with E-state index in [1.807, 2.05) is 0 Å². The Bertz CT molecular complexity index is 608. The molecule has 1 fully saturated rings. The first-order valence-electron chi connectivity index (χ1n) is 6.95. The highest BCUT2D eigenvalue weighted by atomic mass is 32.1. The molecule has 2 aromatic heterocycles. The van der Waals surface area contributed by atoms with Crippen LogP contribution in [0.5, 0.6) is 0 Å². The summed E-state index contributed by atoms with van der Waals surface area (Å²) >= 11 is 1.37. The highest BCUT2D eigenvalue weighted by molar-refractivity contribution is 7.20. The molecule has 0 bridgehead atoms. The third kappa shape index (κ3) is 2.16. The lowest BCUT2D eigenvalue weighted by molar-refractivity contribution is 0.0702. The highest BCUT2D eigenvalue weighted by Gasteiger charge is 2.24. The van der Waals surface area contributed by atoms with Gasteiger partial charge in [-0.1, -0.05) is 26.2 Å². The number of fused-ring (bicyclic) bond motifs is 1. The maximum absolute atomic E-state index is 11.2. The average Bonchev–Trinajstić information content (AvgIpc) is 3.05. The first-order valence-corrected chi connectivity index (χ1v) is 7.76. The fourth-order valence-electron chi connectivity index (χ4n) is 2.91. The summed E-state index contributed by atoms with van der Waals surface area (Å²) in [5, 5.41) is 15.0. The van der Waals surface area contributed by atoms with Crippen LogP contribution in [0, 0.1) is 0 Å². The molecule has 19 heavy (non-hydrogen) atoms. The first-order chi connectivity index (χ1) is 9.20. The Balaban J connectivity index is 2.11. The number of carboxylic acids is 1. The molecule has 2 heterocycles. The van der Waals surface area contributed by atoms with E-state index in [0.29, 0.717) is 10.9 Å². The van der Waals surface area contributed by atoms with E-state index in [0.717, 1.165) is 28.8 Å². The van der Waals surface area contributed by atoms with Crippen LogP contribution < -0.4 is 0 Å². The molecule has 0 unspecified atom stereocenters. The Morgan fingerprint density at radius 2 is 2.26 bits per heavy atom. The molecular weight excluding hydrogens is 260 g/mol. The van der Waals surface area contributed by atoms with Crippen molar-refractivity contribution in [1.82, 2.24) is 9.78 Å². The van der Waals surface area contributed by atoms with Crippen LogP contribution in [0.25, 0.3) is 10.2 Å². The minimum Gasteiger partial charge on any atom is -0.477 e. The third-order valence-electron chi connectivity index (χ3n) is 3.83. The number of aromatic carboxylic acids is 1. The molecule has 1 N–H and O–H groups in total. The van der Waals surface area contributed by atoms with Crippen molar-refractivity contribution in [2.24, 2.45) is 0 Å². The molecule has 102 valence electrons. The lowest BCUT2D eigenvalue weighted by Crippen LogP contribution is -2.06. The van der Waals surface area contributed by atoms with E-state index in [4.69, 9.17) is 10.2 Å². The summed E-state index contributed by atoms with van der Waals surface area (Å²) in [7, 11) is 0. The Hall–Kier alpha value is -1.36. The molecule has 2 aromatic rings. The average molecular weight is 278 g/mol. The van der Waals surface area contributed by atoms with Crippen molar-refractivity contribution in [2.45, 2.75) is 51.5 Å². The predicted molar refractivity (Wildman–Crippen MR) is 76.1 cm³/mol. The second-order valence-electron chi connectivity index (χ2n) is 5.21. The van der Waals surface area contributed by atoms with Gasteiger partial charge in [0.2, 0.25) is 0 Å². The Kier molecular flexibility index (Phi) is 3.31. The summed E-state index contributed by atoms with van der Waals surface area (Å²) in [5.41, 5.74) is 1.06. The summed E-state index contributed by atoms with van der Waals surface area (Å²) < 4.78 is 2.10. The molecule has 4 nitrogen and oxygen atoms in total. The van der Waals surface area contributed by atoms with E-state index in [2.05, 4.69) is 11.6 Å². The number of nitrogens with zero attached hydrogens (tertiary/aromatic N) is 2. The van der Waals surface area contributed by atoms with Crippen LogP contribution in [0.2, 0.25) is 0 Å². The molecule has 0 radical (unpaired) electrons. The second kappa shape index (κ2) is 4.96. The van der Waals surface area contributed by atoms with E-state index in [-0.39, 0.29) is 0 Å². The Morgan fingerprint density at radius 1 is 1.53 bits per heavy atom. The van der Waals surface area contributed by atoms with Crippen LogP contribution in [0.1, 0.15) is 60.4 Å². The van der Waals surface area contributed by atoms with Crippen molar-refractivity contribution >= 4 is 27.5 Å². The van der Waals surface area contributed by atoms with E-state index in [9.17, 15) is 4.79 Å². The van der Waals surface area contributed by atoms with Crippen LogP contribution in [-0.4, -0.2) is 20.9 Å². The maximum Gasteiger partial charge on any atom is 0.345 e. The summed E-state index contributed by atoms with van der Waals surface area (Å²) in [5.74, 6) is -0.832. The van der Waals surface area contributed by atoms with Crippen molar-refractivity contribution in [3.63, 3.8) is 0 Å². The van der Waals surface area contributed by atoms with E-state index >= 15 is 0 Å².